The minimum Gasteiger partial charge on any atom is -0.487 e. The Bertz CT molecular complexity index is 533. The minimum absolute atomic E-state index is 0.0316. The highest BCUT2D eigenvalue weighted by atomic mass is 35.5. The standard InChI is InChI=1S/C12H11ClFN3O/c1-15-12-6-16-8(5-17-12)7-18-9-2-3-11(14)10(13)4-9/h2-6H,7H2,1H3,(H,15,17). The lowest BCUT2D eigenvalue weighted by Crippen LogP contribution is -2.01. The van der Waals surface area contributed by atoms with Crippen molar-refractivity contribution in [2.75, 3.05) is 12.4 Å². The molecule has 4 nitrogen and oxygen atoms in total. The van der Waals surface area contributed by atoms with E-state index in [-0.39, 0.29) is 11.6 Å². The van der Waals surface area contributed by atoms with Crippen LogP contribution in [0.25, 0.3) is 0 Å². The summed E-state index contributed by atoms with van der Waals surface area (Å²) in [7, 11) is 1.76. The number of halogens is 2. The third-order valence-electron chi connectivity index (χ3n) is 2.24. The Morgan fingerprint density at radius 1 is 1.33 bits per heavy atom. The van der Waals surface area contributed by atoms with Crippen molar-refractivity contribution >= 4 is 17.4 Å². The second kappa shape index (κ2) is 5.64. The molecule has 1 aromatic heterocycles. The zero-order chi connectivity index (χ0) is 13.0. The number of rotatable bonds is 4. The summed E-state index contributed by atoms with van der Waals surface area (Å²) in [6, 6.07) is 4.19. The van der Waals surface area contributed by atoms with Crippen LogP contribution < -0.4 is 10.1 Å². The molecule has 0 aliphatic heterocycles. The van der Waals surface area contributed by atoms with Gasteiger partial charge in [-0.15, -0.1) is 0 Å². The molecular formula is C12H11ClFN3O. The normalized spacial score (nSPS) is 10.2. The lowest BCUT2D eigenvalue weighted by Gasteiger charge is -2.06. The van der Waals surface area contributed by atoms with Gasteiger partial charge in [-0.3, -0.25) is 4.98 Å². The van der Waals surface area contributed by atoms with Gasteiger partial charge in [0.25, 0.3) is 0 Å². The molecule has 0 radical (unpaired) electrons. The third kappa shape index (κ3) is 3.07. The molecule has 0 fully saturated rings. The highest BCUT2D eigenvalue weighted by Crippen LogP contribution is 2.21. The fraction of sp³-hybridized carbons (Fsp3) is 0.167. The number of hydrogen-bond donors (Lipinski definition) is 1. The molecule has 18 heavy (non-hydrogen) atoms. The Balaban J connectivity index is 1.99. The molecule has 94 valence electrons. The van der Waals surface area contributed by atoms with E-state index in [2.05, 4.69) is 15.3 Å². The second-order valence-corrected chi connectivity index (χ2v) is 3.91. The van der Waals surface area contributed by atoms with E-state index < -0.39 is 5.82 Å². The van der Waals surface area contributed by atoms with E-state index in [1.807, 2.05) is 0 Å². The van der Waals surface area contributed by atoms with Crippen molar-refractivity contribution in [1.82, 2.24) is 9.97 Å². The van der Waals surface area contributed by atoms with Gasteiger partial charge >= 0.3 is 0 Å². The van der Waals surface area contributed by atoms with E-state index in [1.54, 1.807) is 19.4 Å². The predicted octanol–water partition coefficient (Wildman–Crippen LogP) is 2.89. The first-order valence-corrected chi connectivity index (χ1v) is 5.63. The first kappa shape index (κ1) is 12.6. The Labute approximate surface area is 109 Å². The van der Waals surface area contributed by atoms with E-state index >= 15 is 0 Å². The van der Waals surface area contributed by atoms with E-state index in [4.69, 9.17) is 16.3 Å². The third-order valence-corrected chi connectivity index (χ3v) is 2.53. The Morgan fingerprint density at radius 3 is 2.78 bits per heavy atom. The minimum atomic E-state index is -0.470. The van der Waals surface area contributed by atoms with Crippen LogP contribution in [0.3, 0.4) is 0 Å². The van der Waals surface area contributed by atoms with Gasteiger partial charge in [0.1, 0.15) is 24.0 Å². The number of ether oxygens (including phenoxy) is 1. The van der Waals surface area contributed by atoms with Crippen molar-refractivity contribution in [2.45, 2.75) is 6.61 Å². The number of nitrogens with one attached hydrogen (secondary N) is 1. The van der Waals surface area contributed by atoms with Gasteiger partial charge in [0.15, 0.2) is 0 Å². The zero-order valence-electron chi connectivity index (χ0n) is 9.65. The quantitative estimate of drug-likeness (QED) is 0.925. The molecule has 0 saturated carbocycles. The summed E-state index contributed by atoms with van der Waals surface area (Å²) >= 11 is 5.64. The lowest BCUT2D eigenvalue weighted by molar-refractivity contribution is 0.300. The summed E-state index contributed by atoms with van der Waals surface area (Å²) in [5.41, 5.74) is 0.675. The van der Waals surface area contributed by atoms with Gasteiger partial charge in [-0.05, 0) is 12.1 Å². The van der Waals surface area contributed by atoms with Crippen LogP contribution in [-0.2, 0) is 6.61 Å². The first-order valence-electron chi connectivity index (χ1n) is 5.25. The van der Waals surface area contributed by atoms with E-state index in [9.17, 15) is 4.39 Å². The molecular weight excluding hydrogens is 257 g/mol. The maximum Gasteiger partial charge on any atom is 0.144 e. The number of benzene rings is 1. The van der Waals surface area contributed by atoms with Gasteiger partial charge < -0.3 is 10.1 Å². The molecule has 0 saturated heterocycles. The number of nitrogens with zero attached hydrogens (tertiary/aromatic N) is 2. The summed E-state index contributed by atoms with van der Waals surface area (Å²) in [5, 5.41) is 2.90. The van der Waals surface area contributed by atoms with Gasteiger partial charge in [-0.1, -0.05) is 11.6 Å². The van der Waals surface area contributed by atoms with Crippen LogP contribution in [0.4, 0.5) is 10.2 Å². The van der Waals surface area contributed by atoms with Crippen molar-refractivity contribution in [3.8, 4) is 5.75 Å². The van der Waals surface area contributed by atoms with Gasteiger partial charge in [0, 0.05) is 13.1 Å². The van der Waals surface area contributed by atoms with Crippen molar-refractivity contribution in [2.24, 2.45) is 0 Å². The monoisotopic (exact) mass is 267 g/mol. The topological polar surface area (TPSA) is 47.0 Å². The van der Waals surface area contributed by atoms with Gasteiger partial charge in [0.2, 0.25) is 0 Å². The van der Waals surface area contributed by atoms with Crippen LogP contribution in [0.5, 0.6) is 5.75 Å². The summed E-state index contributed by atoms with van der Waals surface area (Å²) < 4.78 is 18.4. The Hall–Kier alpha value is -1.88. The van der Waals surface area contributed by atoms with Crippen LogP contribution >= 0.6 is 11.6 Å². The molecule has 1 N–H and O–H groups in total. The van der Waals surface area contributed by atoms with Gasteiger partial charge in [-0.2, -0.15) is 0 Å². The van der Waals surface area contributed by atoms with E-state index in [1.165, 1.54) is 18.2 Å². The number of anilines is 1. The highest BCUT2D eigenvalue weighted by Gasteiger charge is 2.03. The second-order valence-electron chi connectivity index (χ2n) is 3.51. The first-order chi connectivity index (χ1) is 8.69. The van der Waals surface area contributed by atoms with Crippen molar-refractivity contribution < 1.29 is 9.13 Å². The van der Waals surface area contributed by atoms with Crippen LogP contribution in [0, 0.1) is 5.82 Å². The molecule has 0 bridgehead atoms. The Morgan fingerprint density at radius 2 is 2.17 bits per heavy atom. The summed E-state index contributed by atoms with van der Waals surface area (Å²) in [4.78, 5) is 8.25. The fourth-order valence-corrected chi connectivity index (χ4v) is 1.45. The molecule has 0 spiro atoms. The fourth-order valence-electron chi connectivity index (χ4n) is 1.28. The average Bonchev–Trinajstić information content (AvgIpc) is 2.41. The van der Waals surface area contributed by atoms with E-state index in [0.717, 1.165) is 0 Å². The van der Waals surface area contributed by atoms with Crippen molar-refractivity contribution in [3.05, 3.63) is 47.1 Å². The summed E-state index contributed by atoms with van der Waals surface area (Å²) in [6.07, 6.45) is 3.22. The van der Waals surface area contributed by atoms with Gasteiger partial charge in [-0.25, -0.2) is 9.37 Å². The average molecular weight is 268 g/mol. The zero-order valence-corrected chi connectivity index (χ0v) is 10.4. The molecule has 0 atom stereocenters. The van der Waals surface area contributed by atoms with Crippen LogP contribution in [0.2, 0.25) is 5.02 Å². The predicted molar refractivity (Wildman–Crippen MR) is 67.3 cm³/mol. The molecule has 6 heteroatoms. The maximum atomic E-state index is 12.9. The molecule has 0 amide bonds. The van der Waals surface area contributed by atoms with Gasteiger partial charge in [0.05, 0.1) is 23.1 Å². The van der Waals surface area contributed by atoms with Crippen molar-refractivity contribution in [3.63, 3.8) is 0 Å². The molecule has 2 aromatic rings. The molecule has 0 unspecified atom stereocenters. The SMILES string of the molecule is CNc1cnc(COc2ccc(F)c(Cl)c2)cn1. The molecule has 2 rings (SSSR count). The maximum absolute atomic E-state index is 12.9. The number of aromatic nitrogens is 2. The number of hydrogen-bond acceptors (Lipinski definition) is 4. The molecule has 0 aliphatic rings. The summed E-state index contributed by atoms with van der Waals surface area (Å²) in [5.74, 6) is 0.701. The van der Waals surface area contributed by atoms with E-state index in [0.29, 0.717) is 17.3 Å². The Kier molecular flexibility index (Phi) is 3.94. The largest absolute Gasteiger partial charge is 0.487 e. The summed E-state index contributed by atoms with van der Waals surface area (Å²) in [6.45, 7) is 0.249. The van der Waals surface area contributed by atoms with Crippen LogP contribution in [0.15, 0.2) is 30.6 Å². The molecule has 0 aliphatic carbocycles. The lowest BCUT2D eigenvalue weighted by atomic mass is 10.3. The van der Waals surface area contributed by atoms with Crippen LogP contribution in [0.1, 0.15) is 5.69 Å². The smallest absolute Gasteiger partial charge is 0.144 e. The van der Waals surface area contributed by atoms with Crippen LogP contribution in [-0.4, -0.2) is 17.0 Å². The molecule has 1 heterocycles. The molecule has 1 aromatic carbocycles. The highest BCUT2D eigenvalue weighted by molar-refractivity contribution is 6.30. The van der Waals surface area contributed by atoms with Crippen molar-refractivity contribution in [1.29, 1.82) is 0 Å².